The number of hydrogen-bond donors (Lipinski definition) is 4. The van der Waals surface area contributed by atoms with Gasteiger partial charge in [-0.2, -0.15) is 0 Å². The van der Waals surface area contributed by atoms with E-state index in [0.717, 1.165) is 198 Å². The number of aromatic nitrogens is 8. The van der Waals surface area contributed by atoms with Gasteiger partial charge in [0.1, 0.15) is 22.6 Å². The first-order valence-electron chi connectivity index (χ1n) is 43.0. The van der Waals surface area contributed by atoms with Gasteiger partial charge >= 0.3 is 0 Å². The summed E-state index contributed by atoms with van der Waals surface area (Å²) in [7, 11) is 0. The van der Waals surface area contributed by atoms with Crippen molar-refractivity contribution in [1.82, 2.24) is 39.9 Å². The summed E-state index contributed by atoms with van der Waals surface area (Å²) >= 11 is 0. The molecule has 0 amide bonds. The van der Waals surface area contributed by atoms with Crippen molar-refractivity contribution in [1.29, 1.82) is 0 Å². The second-order valence-electron chi connectivity index (χ2n) is 31.0. The maximum atomic E-state index is 9.92. The highest BCUT2D eigenvalue weighted by Gasteiger charge is 2.30. The molecule has 0 atom stereocenters. The third-order valence-electron chi connectivity index (χ3n) is 22.6. The third-order valence-corrected chi connectivity index (χ3v) is 22.6. The molecule has 10 nitrogen and oxygen atoms in total. The summed E-state index contributed by atoms with van der Waals surface area (Å²) in [6.45, 7) is 14.4. The van der Waals surface area contributed by atoms with E-state index in [1.54, 1.807) is 0 Å². The number of aromatic amines is 2. The molecule has 10 heteroatoms. The lowest BCUT2D eigenvalue weighted by Gasteiger charge is -2.13. The summed E-state index contributed by atoms with van der Waals surface area (Å²) in [6, 6.07) is 19.6. The molecule has 0 radical (unpaired) electrons. The van der Waals surface area contributed by atoms with Gasteiger partial charge in [0.05, 0.1) is 0 Å². The van der Waals surface area contributed by atoms with E-state index in [0.29, 0.717) is 0 Å². The minimum absolute atomic E-state index is 0.224. The quantitative estimate of drug-likeness (QED) is 0.0275. The van der Waals surface area contributed by atoms with Gasteiger partial charge in [-0.3, -0.25) is 0 Å². The minimum atomic E-state index is 0.224. The fourth-order valence-electron chi connectivity index (χ4n) is 16.6. The number of unbranched alkanes of at least 4 members (excludes halogenated alkanes) is 36. The molecule has 0 spiro atoms. The van der Waals surface area contributed by atoms with Gasteiger partial charge in [0, 0.05) is 57.0 Å². The summed E-state index contributed by atoms with van der Waals surface area (Å²) in [6.07, 6.45) is 59.7. The van der Waals surface area contributed by atoms with Gasteiger partial charge in [0.2, 0.25) is 0 Å². The van der Waals surface area contributed by atoms with E-state index in [9.17, 15) is 10.2 Å². The molecule has 2 aliphatic rings. The zero-order valence-electron chi connectivity index (χ0n) is 65.4. The summed E-state index contributed by atoms with van der Waals surface area (Å²) in [5, 5.41) is 24.6. The second-order valence-corrected chi connectivity index (χ2v) is 31.0. The zero-order valence-corrected chi connectivity index (χ0v) is 65.4. The van der Waals surface area contributed by atoms with Crippen LogP contribution in [0.25, 0.3) is 89.7 Å². The fraction of sp³-hybridized carbons (Fsp3) is 0.652. The van der Waals surface area contributed by atoms with Gasteiger partial charge in [-0.15, -0.1) is 0 Å². The Morgan fingerprint density at radius 3 is 0.569 bits per heavy atom. The maximum Gasteiger partial charge on any atom is 0.165 e. The second kappa shape index (κ2) is 45.5. The van der Waals surface area contributed by atoms with Crippen LogP contribution in [0.15, 0.2) is 48.5 Å². The Balaban J connectivity index is 1.43. The predicted molar refractivity (Wildman–Crippen MR) is 437 cm³/mol. The molecule has 0 aliphatic carbocycles. The summed E-state index contributed by atoms with van der Waals surface area (Å²) in [4.78, 5) is 44.4. The number of hydrogen-bond acceptors (Lipinski definition) is 8. The third kappa shape index (κ3) is 23.1. The Morgan fingerprint density at radius 1 is 0.206 bits per heavy atom. The Labute approximate surface area is 618 Å². The summed E-state index contributed by atoms with van der Waals surface area (Å²) < 4.78 is 0. The van der Waals surface area contributed by atoms with E-state index in [1.165, 1.54) is 270 Å². The highest BCUT2D eigenvalue weighted by molar-refractivity contribution is 6.10. The van der Waals surface area contributed by atoms with Gasteiger partial charge in [0.15, 0.2) is 23.3 Å². The number of benzene rings is 4. The van der Waals surface area contributed by atoms with E-state index < -0.39 is 0 Å². The molecule has 0 saturated carbocycles. The Bertz CT molecular complexity index is 3540. The van der Waals surface area contributed by atoms with Crippen LogP contribution in [0.3, 0.4) is 0 Å². The van der Waals surface area contributed by atoms with Gasteiger partial charge in [-0.05, 0) is 160 Å². The number of rotatable bonds is 54. The van der Waals surface area contributed by atoms with E-state index in [4.69, 9.17) is 29.9 Å². The molecule has 9 rings (SSSR count). The van der Waals surface area contributed by atoms with Crippen molar-refractivity contribution in [2.24, 2.45) is 0 Å². The molecule has 4 aromatic carbocycles. The molecule has 2 aliphatic heterocycles. The van der Waals surface area contributed by atoms with E-state index in [-0.39, 0.29) is 13.2 Å². The maximum absolute atomic E-state index is 9.92. The molecule has 558 valence electrons. The van der Waals surface area contributed by atoms with Crippen molar-refractivity contribution < 1.29 is 10.2 Å². The number of H-pyrrole nitrogens is 2. The average molecular weight is 1390 g/mol. The average Bonchev–Trinajstić information content (AvgIpc) is 1.58. The number of nitrogens with zero attached hydrogens (tertiary/aromatic N) is 6. The van der Waals surface area contributed by atoms with Crippen molar-refractivity contribution in [2.75, 3.05) is 13.2 Å². The number of aryl methyl sites for hydroxylation is 8. The number of aliphatic hydroxyl groups is 2. The molecular formula is C92H138N8O2. The lowest BCUT2D eigenvalue weighted by molar-refractivity contribution is 0.282. The van der Waals surface area contributed by atoms with Crippen LogP contribution < -0.4 is 0 Å². The first kappa shape index (κ1) is 80.3. The molecule has 4 N–H and O–H groups in total. The molecule has 0 unspecified atom stereocenters. The molecule has 5 heterocycles. The molecular weight excluding hydrogens is 1250 g/mol. The monoisotopic (exact) mass is 1390 g/mol. The molecule has 102 heavy (non-hydrogen) atoms. The lowest BCUT2D eigenvalue weighted by atomic mass is 9.91. The minimum Gasteiger partial charge on any atom is -0.396 e. The topological polar surface area (TPSA) is 149 Å². The SMILES string of the molecule is CCCCCCCCc1ccc(CCCCCCCC)c2c1-c1nc-2nc2[nH]c(nc3nc(nc4[nH]c(n1)c1c(CCCCCCCC)ccc(CCCCCCCC)c41)-c1c(CCCCCCO)ccc(CCCCCCO)c1-3)c1c(CCCCCCCC)ccc(CCCCCCCC)c21. The number of aliphatic hydroxyl groups excluding tert-OH is 2. The molecule has 0 saturated heterocycles. The molecule has 3 aromatic heterocycles. The summed E-state index contributed by atoms with van der Waals surface area (Å²) in [5.41, 5.74) is 18.4. The van der Waals surface area contributed by atoms with Gasteiger partial charge in [0.25, 0.3) is 0 Å². The number of fused-ring (bicyclic) bond motifs is 20. The smallest absolute Gasteiger partial charge is 0.165 e. The van der Waals surface area contributed by atoms with Crippen LogP contribution in [0.1, 0.15) is 369 Å². The van der Waals surface area contributed by atoms with Crippen molar-refractivity contribution >= 4 is 44.1 Å². The van der Waals surface area contributed by atoms with Crippen molar-refractivity contribution in [2.45, 2.75) is 375 Å². The highest BCUT2D eigenvalue weighted by atomic mass is 16.3. The van der Waals surface area contributed by atoms with Crippen LogP contribution in [-0.2, 0) is 51.4 Å². The van der Waals surface area contributed by atoms with Crippen LogP contribution in [0, 0.1) is 0 Å². The fourth-order valence-corrected chi connectivity index (χ4v) is 16.6. The summed E-state index contributed by atoms with van der Waals surface area (Å²) in [5.74, 6) is 2.99. The largest absolute Gasteiger partial charge is 0.396 e. The van der Waals surface area contributed by atoms with Crippen LogP contribution in [0.4, 0.5) is 0 Å². The standard InChI is InChI=1S/C92H138N8O2/c1-7-13-19-25-31-41-51-69-59-60-70(52-42-32-26-20-14-8-2)78-77(69)85-93-86(78)95-88-80-72(54-44-34-28-22-16-10-4)62-64-74(56-46-36-30-24-18-12-6)82(80)90(97-88)99-92-84-76(58-48-38-40-50-68-102)66-65-75(57-47-37-39-49-67-101)83(84)91(100-92)98-89-81-73(55-45-35-29-23-17-11-5)63-61-71(79(81)87(94-85)96-89)53-43-33-27-21-15-9-3/h59-66,101-102H,7-58,67-68H2,1-6H3,(H2,93,94,95,96,97,98,99,100). The van der Waals surface area contributed by atoms with E-state index in [1.807, 2.05) is 0 Å². The zero-order chi connectivity index (χ0) is 71.4. The van der Waals surface area contributed by atoms with Gasteiger partial charge in [-0.25, -0.2) is 29.9 Å². The van der Waals surface area contributed by atoms with Crippen molar-refractivity contribution in [3.63, 3.8) is 0 Å². The number of nitrogens with one attached hydrogen (secondary N) is 2. The van der Waals surface area contributed by atoms with Crippen LogP contribution >= 0.6 is 0 Å². The molecule has 8 bridgehead atoms. The van der Waals surface area contributed by atoms with Crippen molar-refractivity contribution in [3.05, 3.63) is 93.0 Å². The normalized spacial score (nSPS) is 12.1. The predicted octanol–water partition coefficient (Wildman–Crippen LogP) is 26.5. The molecule has 0 fully saturated rings. The Hall–Kier alpha value is -5.84. The van der Waals surface area contributed by atoms with Crippen LogP contribution in [0.2, 0.25) is 0 Å². The molecule has 7 aromatic rings. The van der Waals surface area contributed by atoms with Gasteiger partial charge in [-0.1, -0.05) is 308 Å². The first-order valence-corrected chi connectivity index (χ1v) is 43.0. The van der Waals surface area contributed by atoms with E-state index >= 15 is 0 Å². The highest BCUT2D eigenvalue weighted by Crippen LogP contribution is 2.45. The van der Waals surface area contributed by atoms with Crippen LogP contribution in [0.5, 0.6) is 0 Å². The Morgan fingerprint density at radius 2 is 0.373 bits per heavy atom. The van der Waals surface area contributed by atoms with Crippen molar-refractivity contribution in [3.8, 4) is 45.6 Å². The lowest BCUT2D eigenvalue weighted by Crippen LogP contribution is -1.98. The Kier molecular flexibility index (Phi) is 35.8. The van der Waals surface area contributed by atoms with Gasteiger partial charge < -0.3 is 20.2 Å². The van der Waals surface area contributed by atoms with Crippen LogP contribution in [-0.4, -0.2) is 63.3 Å². The van der Waals surface area contributed by atoms with E-state index in [2.05, 4.69) is 100 Å². The first-order chi connectivity index (χ1) is 50.4.